The lowest BCUT2D eigenvalue weighted by Gasteiger charge is -2.19. The number of hydrogen-bond acceptors (Lipinski definition) is 3. The van der Waals surface area contributed by atoms with E-state index in [1.165, 1.54) is 18.1 Å². The maximum Gasteiger partial charge on any atom is 0.226 e. The molecule has 0 saturated carbocycles. The predicted molar refractivity (Wildman–Crippen MR) is 137 cm³/mol. The summed E-state index contributed by atoms with van der Waals surface area (Å²) in [6, 6.07) is 15.5. The summed E-state index contributed by atoms with van der Waals surface area (Å²) in [5.74, 6) is -0.442. The quantitative estimate of drug-likeness (QED) is 0.396. The summed E-state index contributed by atoms with van der Waals surface area (Å²) in [5, 5.41) is 5.80. The number of amides is 1. The highest BCUT2D eigenvalue weighted by Gasteiger charge is 2.19. The Hall–Kier alpha value is -3.18. The van der Waals surface area contributed by atoms with Gasteiger partial charge in [-0.05, 0) is 55.2 Å². The molecule has 0 aliphatic carbocycles. The third-order valence-electron chi connectivity index (χ3n) is 4.94. The monoisotopic (exact) mass is 492 g/mol. The number of Topliss-reactive ketones (excluding diaryl/α,β-unsaturated/α-hetero) is 1. The van der Waals surface area contributed by atoms with Crippen LogP contribution < -0.4 is 10.6 Å². The van der Waals surface area contributed by atoms with Gasteiger partial charge in [-0.1, -0.05) is 83.7 Å². The Balaban J connectivity index is 2.01. The molecule has 0 aromatic heterocycles. The van der Waals surface area contributed by atoms with Crippen molar-refractivity contribution in [2.45, 2.75) is 33.2 Å². The Morgan fingerprint density at radius 2 is 1.72 bits per heavy atom. The summed E-state index contributed by atoms with van der Waals surface area (Å²) in [6.07, 6.45) is 5.33. The number of aryl methyl sites for hydroxylation is 1. The summed E-state index contributed by atoms with van der Waals surface area (Å²) in [4.78, 5) is 24.5. The lowest BCUT2D eigenvalue weighted by molar-refractivity contribution is -0.125. The van der Waals surface area contributed by atoms with E-state index >= 15 is 0 Å². The first kappa shape index (κ1) is 25.1. The van der Waals surface area contributed by atoms with Gasteiger partial charge in [0, 0.05) is 15.9 Å². The summed E-state index contributed by atoms with van der Waals surface area (Å²) < 4.78 is 0.876. The number of carbonyl (C=O) groups is 2. The zero-order chi connectivity index (χ0) is 23.7. The Morgan fingerprint density at radius 1 is 1.06 bits per heavy atom. The molecule has 2 aromatic rings. The number of ketones is 1. The standard InChI is InChI=1S/C27H29BrN2O2/c1-6-24(28)16-11-19(3)29-27(32)17-26(21(5)31)30-20(4)22-12-14-23(15-13-22)25-10-8-7-9-18(25)2/h6-16,26,30H,3-4,17H2,1-2,5H3,(H,29,32)/b16-11-,24-6+. The first-order chi connectivity index (χ1) is 15.2. The number of hydrogen-bond donors (Lipinski definition) is 2. The Kier molecular flexibility index (Phi) is 9.41. The van der Waals surface area contributed by atoms with Crippen LogP contribution in [0.1, 0.15) is 31.4 Å². The van der Waals surface area contributed by atoms with Crippen molar-refractivity contribution in [1.29, 1.82) is 0 Å². The number of halogens is 1. The van der Waals surface area contributed by atoms with E-state index in [4.69, 9.17) is 0 Å². The zero-order valence-corrected chi connectivity index (χ0v) is 20.3. The largest absolute Gasteiger partial charge is 0.375 e. The minimum atomic E-state index is -0.683. The van der Waals surface area contributed by atoms with Gasteiger partial charge in [-0.15, -0.1) is 0 Å². The van der Waals surface area contributed by atoms with Crippen molar-refractivity contribution in [2.75, 3.05) is 0 Å². The van der Waals surface area contributed by atoms with Gasteiger partial charge in [-0.3, -0.25) is 9.59 Å². The highest BCUT2D eigenvalue weighted by molar-refractivity contribution is 9.11. The number of allylic oxidation sites excluding steroid dienone is 4. The predicted octanol–water partition coefficient (Wildman–Crippen LogP) is 6.05. The minimum Gasteiger partial charge on any atom is -0.375 e. The smallest absolute Gasteiger partial charge is 0.226 e. The fourth-order valence-corrected chi connectivity index (χ4v) is 3.20. The molecule has 166 valence electrons. The van der Waals surface area contributed by atoms with E-state index in [0.29, 0.717) is 11.4 Å². The van der Waals surface area contributed by atoms with Crippen LogP contribution in [-0.2, 0) is 9.59 Å². The zero-order valence-electron chi connectivity index (χ0n) is 18.7. The Bertz CT molecular complexity index is 1070. The third-order valence-corrected chi connectivity index (χ3v) is 5.66. The van der Waals surface area contributed by atoms with Crippen molar-refractivity contribution in [2.24, 2.45) is 0 Å². The SMILES string of the molecule is C=C(/C=C\C(Br)=C/C)NC(=O)CC(NC(=C)c1ccc(-c2ccccc2C)cc1)C(C)=O. The van der Waals surface area contributed by atoms with E-state index in [1.807, 2.05) is 49.4 Å². The molecule has 2 N–H and O–H groups in total. The van der Waals surface area contributed by atoms with Crippen LogP contribution in [0.4, 0.5) is 0 Å². The van der Waals surface area contributed by atoms with Crippen LogP contribution in [0.25, 0.3) is 16.8 Å². The van der Waals surface area contributed by atoms with Crippen LogP contribution >= 0.6 is 15.9 Å². The summed E-state index contributed by atoms with van der Waals surface area (Å²) >= 11 is 3.36. The van der Waals surface area contributed by atoms with E-state index in [-0.39, 0.29) is 18.1 Å². The van der Waals surface area contributed by atoms with E-state index in [1.54, 1.807) is 12.2 Å². The molecule has 32 heavy (non-hydrogen) atoms. The first-order valence-corrected chi connectivity index (χ1v) is 11.1. The average Bonchev–Trinajstić information content (AvgIpc) is 2.77. The summed E-state index contributed by atoms with van der Waals surface area (Å²) in [6.45, 7) is 13.3. The number of benzene rings is 2. The van der Waals surface area contributed by atoms with E-state index in [9.17, 15) is 9.59 Å². The minimum absolute atomic E-state index is 0.0205. The number of nitrogens with one attached hydrogen (secondary N) is 2. The third kappa shape index (κ3) is 7.50. The molecule has 0 aliphatic heterocycles. The van der Waals surface area contributed by atoms with Gasteiger partial charge in [0.05, 0.1) is 12.5 Å². The topological polar surface area (TPSA) is 58.2 Å². The molecule has 1 unspecified atom stereocenters. The fourth-order valence-electron chi connectivity index (χ4n) is 3.07. The van der Waals surface area contributed by atoms with Crippen LogP contribution in [0, 0.1) is 6.92 Å². The van der Waals surface area contributed by atoms with Gasteiger partial charge in [0.25, 0.3) is 0 Å². The van der Waals surface area contributed by atoms with Crippen molar-refractivity contribution in [3.8, 4) is 11.1 Å². The highest BCUT2D eigenvalue weighted by Crippen LogP contribution is 2.24. The lowest BCUT2D eigenvalue weighted by Crippen LogP contribution is -2.38. The molecule has 0 spiro atoms. The van der Waals surface area contributed by atoms with Gasteiger partial charge in [0.1, 0.15) is 0 Å². The molecular weight excluding hydrogens is 464 g/mol. The summed E-state index contributed by atoms with van der Waals surface area (Å²) in [7, 11) is 0. The molecule has 0 bridgehead atoms. The van der Waals surface area contributed by atoms with Crippen molar-refractivity contribution < 1.29 is 9.59 Å². The molecule has 0 heterocycles. The summed E-state index contributed by atoms with van der Waals surface area (Å²) in [5.41, 5.74) is 5.38. The highest BCUT2D eigenvalue weighted by atomic mass is 79.9. The van der Waals surface area contributed by atoms with Crippen molar-refractivity contribution in [3.63, 3.8) is 0 Å². The molecule has 4 nitrogen and oxygen atoms in total. The van der Waals surface area contributed by atoms with Gasteiger partial charge < -0.3 is 10.6 Å². The molecule has 1 atom stereocenters. The molecule has 0 aliphatic rings. The van der Waals surface area contributed by atoms with Crippen molar-refractivity contribution in [3.05, 3.63) is 101 Å². The van der Waals surface area contributed by atoms with E-state index in [0.717, 1.165) is 15.6 Å². The molecule has 2 rings (SSSR count). The molecule has 0 saturated heterocycles. The van der Waals surface area contributed by atoms with Crippen LogP contribution in [0.15, 0.2) is 90.1 Å². The van der Waals surface area contributed by atoms with Crippen LogP contribution in [0.5, 0.6) is 0 Å². The number of carbonyl (C=O) groups excluding carboxylic acids is 2. The first-order valence-electron chi connectivity index (χ1n) is 10.3. The van der Waals surface area contributed by atoms with Gasteiger partial charge in [-0.2, -0.15) is 0 Å². The number of rotatable bonds is 10. The van der Waals surface area contributed by atoms with Crippen molar-refractivity contribution >= 4 is 33.3 Å². The normalized spacial score (nSPS) is 12.3. The molecule has 1 amide bonds. The van der Waals surface area contributed by atoms with Gasteiger partial charge in [-0.25, -0.2) is 0 Å². The van der Waals surface area contributed by atoms with Crippen molar-refractivity contribution in [1.82, 2.24) is 10.6 Å². The van der Waals surface area contributed by atoms with Crippen LogP contribution in [0.3, 0.4) is 0 Å². The second-order valence-corrected chi connectivity index (χ2v) is 8.38. The van der Waals surface area contributed by atoms with Gasteiger partial charge >= 0.3 is 0 Å². The average molecular weight is 493 g/mol. The van der Waals surface area contributed by atoms with Crippen LogP contribution in [0.2, 0.25) is 0 Å². The molecule has 0 fully saturated rings. The van der Waals surface area contributed by atoms with Gasteiger partial charge in [0.15, 0.2) is 5.78 Å². The second-order valence-electron chi connectivity index (χ2n) is 7.46. The maximum atomic E-state index is 12.4. The van der Waals surface area contributed by atoms with E-state index in [2.05, 4.69) is 58.8 Å². The second kappa shape index (κ2) is 12.0. The lowest BCUT2D eigenvalue weighted by atomic mass is 9.99. The van der Waals surface area contributed by atoms with E-state index < -0.39 is 6.04 Å². The molecular formula is C27H29BrN2O2. The van der Waals surface area contributed by atoms with Crippen LogP contribution in [-0.4, -0.2) is 17.7 Å². The molecule has 5 heteroatoms. The fraction of sp³-hybridized carbons (Fsp3) is 0.185. The Morgan fingerprint density at radius 3 is 2.31 bits per heavy atom. The van der Waals surface area contributed by atoms with Gasteiger partial charge in [0.2, 0.25) is 5.91 Å². The molecule has 0 radical (unpaired) electrons. The Labute approximate surface area is 198 Å². The maximum absolute atomic E-state index is 12.4. The molecule has 2 aromatic carbocycles.